The molecule has 21 heavy (non-hydrogen) atoms. The van der Waals surface area contributed by atoms with Gasteiger partial charge in [-0.25, -0.2) is 0 Å². The van der Waals surface area contributed by atoms with Gasteiger partial charge in [-0.15, -0.1) is 0 Å². The van der Waals surface area contributed by atoms with Gasteiger partial charge >= 0.3 is 0 Å². The van der Waals surface area contributed by atoms with Gasteiger partial charge in [0.2, 0.25) is 10.9 Å². The summed E-state index contributed by atoms with van der Waals surface area (Å²) in [5, 5.41) is 0.446. The Morgan fingerprint density at radius 2 is 2.14 bits per heavy atom. The molecule has 6 heteroatoms. The SMILES string of the molecule is Nc1c(-c2cc(Cl)ccc2OCC2CCCO2)c(=O)c1=O. The van der Waals surface area contributed by atoms with E-state index in [1.807, 2.05) is 0 Å². The summed E-state index contributed by atoms with van der Waals surface area (Å²) in [6, 6.07) is 4.92. The molecule has 0 spiro atoms. The highest BCUT2D eigenvalue weighted by Gasteiger charge is 2.24. The van der Waals surface area contributed by atoms with Crippen LogP contribution in [0, 0.1) is 0 Å². The predicted octanol–water partition coefficient (Wildman–Crippen LogP) is 1.74. The Kier molecular flexibility index (Phi) is 3.69. The molecule has 0 aliphatic carbocycles. The summed E-state index contributed by atoms with van der Waals surface area (Å²) in [7, 11) is 0. The maximum atomic E-state index is 11.7. The van der Waals surface area contributed by atoms with Crippen LogP contribution >= 0.6 is 11.6 Å². The molecule has 2 N–H and O–H groups in total. The van der Waals surface area contributed by atoms with Crippen molar-refractivity contribution in [3.63, 3.8) is 0 Å². The molecule has 0 aromatic heterocycles. The fraction of sp³-hybridized carbons (Fsp3) is 0.333. The number of anilines is 1. The minimum atomic E-state index is -0.657. The van der Waals surface area contributed by atoms with Gasteiger partial charge in [0, 0.05) is 17.2 Å². The summed E-state index contributed by atoms with van der Waals surface area (Å²) in [6.07, 6.45) is 2.02. The third-order valence-corrected chi connectivity index (χ3v) is 3.84. The van der Waals surface area contributed by atoms with Crippen molar-refractivity contribution in [3.05, 3.63) is 43.7 Å². The van der Waals surface area contributed by atoms with Crippen LogP contribution in [0.25, 0.3) is 11.1 Å². The molecular weight excluding hydrogens is 294 g/mol. The number of halogens is 1. The lowest BCUT2D eigenvalue weighted by Crippen LogP contribution is -2.36. The van der Waals surface area contributed by atoms with Crippen molar-refractivity contribution in [2.24, 2.45) is 0 Å². The molecule has 3 rings (SSSR count). The van der Waals surface area contributed by atoms with Crippen molar-refractivity contribution in [2.75, 3.05) is 18.9 Å². The van der Waals surface area contributed by atoms with E-state index in [1.165, 1.54) is 0 Å². The highest BCUT2D eigenvalue weighted by molar-refractivity contribution is 6.31. The Labute approximate surface area is 125 Å². The van der Waals surface area contributed by atoms with Crippen molar-refractivity contribution < 1.29 is 9.47 Å². The van der Waals surface area contributed by atoms with Gasteiger partial charge in [0.05, 0.1) is 17.4 Å². The second-order valence-electron chi connectivity index (χ2n) is 5.03. The molecule has 1 heterocycles. The van der Waals surface area contributed by atoms with Gasteiger partial charge in [-0.3, -0.25) is 9.59 Å². The van der Waals surface area contributed by atoms with Gasteiger partial charge in [0.1, 0.15) is 12.4 Å². The van der Waals surface area contributed by atoms with Crippen molar-refractivity contribution in [3.8, 4) is 16.9 Å². The highest BCUT2D eigenvalue weighted by atomic mass is 35.5. The zero-order valence-corrected chi connectivity index (χ0v) is 12.0. The van der Waals surface area contributed by atoms with Crippen LogP contribution in [0.3, 0.4) is 0 Å². The number of hydrogen-bond acceptors (Lipinski definition) is 5. The van der Waals surface area contributed by atoms with Crippen molar-refractivity contribution >= 4 is 17.3 Å². The molecule has 0 saturated carbocycles. The van der Waals surface area contributed by atoms with Crippen molar-refractivity contribution in [2.45, 2.75) is 18.9 Å². The van der Waals surface area contributed by atoms with Crippen LogP contribution in [-0.4, -0.2) is 19.3 Å². The third kappa shape index (κ3) is 2.54. The molecule has 1 aliphatic heterocycles. The third-order valence-electron chi connectivity index (χ3n) is 3.61. The zero-order valence-electron chi connectivity index (χ0n) is 11.2. The van der Waals surface area contributed by atoms with Crippen molar-refractivity contribution in [1.82, 2.24) is 0 Å². The smallest absolute Gasteiger partial charge is 0.249 e. The van der Waals surface area contributed by atoms with E-state index in [1.54, 1.807) is 18.2 Å². The van der Waals surface area contributed by atoms with Gasteiger partial charge in [0.25, 0.3) is 0 Å². The molecule has 0 radical (unpaired) electrons. The molecule has 1 unspecified atom stereocenters. The van der Waals surface area contributed by atoms with E-state index in [4.69, 9.17) is 26.8 Å². The molecule has 1 atom stereocenters. The minimum absolute atomic E-state index is 0.0377. The first-order valence-electron chi connectivity index (χ1n) is 6.71. The van der Waals surface area contributed by atoms with Gasteiger partial charge in [-0.1, -0.05) is 11.6 Å². The average Bonchev–Trinajstić information content (AvgIpc) is 2.99. The lowest BCUT2D eigenvalue weighted by molar-refractivity contribution is 0.0681. The minimum Gasteiger partial charge on any atom is -0.490 e. The standard InChI is InChI=1S/C15H14ClNO4/c16-8-3-4-11(21-7-9-2-1-5-20-9)10(6-8)12-13(17)15(19)14(12)18/h3-4,6,9H,1-2,5,7,17H2. The van der Waals surface area contributed by atoms with Crippen LogP contribution in [0.15, 0.2) is 27.8 Å². The Balaban J connectivity index is 1.90. The van der Waals surface area contributed by atoms with E-state index in [2.05, 4.69) is 0 Å². The summed E-state index contributed by atoms with van der Waals surface area (Å²) in [5.41, 5.74) is 4.96. The molecule has 1 fully saturated rings. The summed E-state index contributed by atoms with van der Waals surface area (Å²) < 4.78 is 11.2. The molecule has 1 saturated heterocycles. The maximum Gasteiger partial charge on any atom is 0.249 e. The topological polar surface area (TPSA) is 78.6 Å². The van der Waals surface area contributed by atoms with E-state index in [9.17, 15) is 9.59 Å². The van der Waals surface area contributed by atoms with Gasteiger partial charge in [0.15, 0.2) is 0 Å². The average molecular weight is 308 g/mol. The Morgan fingerprint density at radius 3 is 2.81 bits per heavy atom. The summed E-state index contributed by atoms with van der Waals surface area (Å²) in [4.78, 5) is 23.0. The molecule has 110 valence electrons. The van der Waals surface area contributed by atoms with Crippen molar-refractivity contribution in [1.29, 1.82) is 0 Å². The lowest BCUT2D eigenvalue weighted by Gasteiger charge is -2.16. The van der Waals surface area contributed by atoms with E-state index in [0.717, 1.165) is 19.4 Å². The number of nitrogen functional groups attached to an aromatic ring is 1. The molecule has 5 nitrogen and oxygen atoms in total. The van der Waals surface area contributed by atoms with Gasteiger partial charge in [-0.2, -0.15) is 0 Å². The van der Waals surface area contributed by atoms with Crippen LogP contribution in [0.2, 0.25) is 5.02 Å². The fourth-order valence-electron chi connectivity index (χ4n) is 2.46. The van der Waals surface area contributed by atoms with Crippen LogP contribution < -0.4 is 21.3 Å². The highest BCUT2D eigenvalue weighted by Crippen LogP contribution is 2.34. The van der Waals surface area contributed by atoms with E-state index < -0.39 is 10.9 Å². The first-order chi connectivity index (χ1) is 10.1. The van der Waals surface area contributed by atoms with Crippen LogP contribution in [0.1, 0.15) is 12.8 Å². The lowest BCUT2D eigenvalue weighted by atomic mass is 9.98. The zero-order chi connectivity index (χ0) is 15.0. The predicted molar refractivity (Wildman–Crippen MR) is 80.7 cm³/mol. The Morgan fingerprint density at radius 1 is 1.33 bits per heavy atom. The maximum absolute atomic E-state index is 11.7. The van der Waals surface area contributed by atoms with Crippen LogP contribution in [-0.2, 0) is 4.74 Å². The number of hydrogen-bond donors (Lipinski definition) is 1. The molecule has 0 bridgehead atoms. The Hall–Kier alpha value is -1.85. The molecule has 1 aliphatic rings. The summed E-state index contributed by atoms with van der Waals surface area (Å²) >= 11 is 5.96. The van der Waals surface area contributed by atoms with Crippen LogP contribution in [0.5, 0.6) is 5.75 Å². The number of benzene rings is 1. The second kappa shape index (κ2) is 5.50. The first-order valence-corrected chi connectivity index (χ1v) is 7.09. The molecular formula is C15H14ClNO4. The quantitative estimate of drug-likeness (QED) is 0.871. The Bertz CT molecular complexity index is 743. The number of rotatable bonds is 4. The van der Waals surface area contributed by atoms with Gasteiger partial charge < -0.3 is 15.2 Å². The van der Waals surface area contributed by atoms with E-state index >= 15 is 0 Å². The van der Waals surface area contributed by atoms with E-state index in [0.29, 0.717) is 22.9 Å². The fourth-order valence-corrected chi connectivity index (χ4v) is 2.63. The summed E-state index contributed by atoms with van der Waals surface area (Å²) in [6.45, 7) is 1.14. The molecule has 2 aromatic rings. The number of ether oxygens (including phenoxy) is 2. The largest absolute Gasteiger partial charge is 0.490 e. The second-order valence-corrected chi connectivity index (χ2v) is 5.47. The molecule has 0 amide bonds. The monoisotopic (exact) mass is 307 g/mol. The van der Waals surface area contributed by atoms with Crippen LogP contribution in [0.4, 0.5) is 5.69 Å². The first kappa shape index (κ1) is 14.1. The number of nitrogens with two attached hydrogens (primary N) is 1. The normalized spacial score (nSPS) is 18.2. The van der Waals surface area contributed by atoms with E-state index in [-0.39, 0.29) is 17.4 Å². The summed E-state index contributed by atoms with van der Waals surface area (Å²) in [5.74, 6) is 0.480. The molecule has 2 aromatic carbocycles. The van der Waals surface area contributed by atoms with Gasteiger partial charge in [-0.05, 0) is 31.0 Å².